The van der Waals surface area contributed by atoms with Crippen molar-refractivity contribution in [2.24, 2.45) is 14.1 Å². The third kappa shape index (κ3) is 4.41. The Morgan fingerprint density at radius 1 is 1.00 bits per heavy atom. The number of aryl methyl sites for hydroxylation is 2. The van der Waals surface area contributed by atoms with Crippen molar-refractivity contribution < 1.29 is 13.2 Å². The highest BCUT2D eigenvalue weighted by Gasteiger charge is 2.34. The lowest BCUT2D eigenvalue weighted by Crippen LogP contribution is -2.23. The molecule has 4 aromatic heterocycles. The maximum Gasteiger partial charge on any atom is 0.434 e. The summed E-state index contributed by atoms with van der Waals surface area (Å²) in [7, 11) is 3.32. The first kappa shape index (κ1) is 24.4. The van der Waals surface area contributed by atoms with Gasteiger partial charge in [0.2, 0.25) is 5.62 Å². The van der Waals surface area contributed by atoms with Gasteiger partial charge in [-0.2, -0.15) is 13.2 Å². The standard InChI is InChI=1S/C26H25F3N8/c1-15(2)18-9-10-31-11-19(18)22-32-12-20-24(34-22)37(25(30)36(20)4)13-16-5-7-17(8-6-16)23-33-21(14-35(23)3)26(27,28)29/h5-12,14-15,30H,13H2,1-4H3. The van der Waals surface area contributed by atoms with Gasteiger partial charge < -0.3 is 9.13 Å². The van der Waals surface area contributed by atoms with Crippen molar-refractivity contribution in [1.82, 2.24) is 33.6 Å². The molecule has 0 fully saturated rings. The zero-order valence-corrected chi connectivity index (χ0v) is 20.7. The number of nitrogens with one attached hydrogen (secondary N) is 1. The van der Waals surface area contributed by atoms with Crippen LogP contribution in [-0.4, -0.2) is 33.6 Å². The molecule has 0 saturated carbocycles. The summed E-state index contributed by atoms with van der Waals surface area (Å²) in [6.45, 7) is 4.55. The number of rotatable bonds is 5. The lowest BCUT2D eigenvalue weighted by molar-refractivity contribution is -0.140. The van der Waals surface area contributed by atoms with E-state index in [9.17, 15) is 13.2 Å². The summed E-state index contributed by atoms with van der Waals surface area (Å²) >= 11 is 0. The number of nitrogens with zero attached hydrogens (tertiary/aromatic N) is 7. The molecule has 0 aliphatic rings. The zero-order chi connectivity index (χ0) is 26.5. The van der Waals surface area contributed by atoms with E-state index >= 15 is 0 Å². The molecule has 37 heavy (non-hydrogen) atoms. The van der Waals surface area contributed by atoms with Gasteiger partial charge in [-0.05, 0) is 23.1 Å². The zero-order valence-electron chi connectivity index (χ0n) is 20.7. The van der Waals surface area contributed by atoms with Crippen molar-refractivity contribution in [1.29, 1.82) is 5.41 Å². The van der Waals surface area contributed by atoms with Crippen LogP contribution in [0.2, 0.25) is 0 Å². The Bertz CT molecular complexity index is 1660. The van der Waals surface area contributed by atoms with Crippen LogP contribution in [-0.2, 0) is 26.8 Å². The first-order valence-electron chi connectivity index (χ1n) is 11.7. The van der Waals surface area contributed by atoms with Crippen LogP contribution < -0.4 is 5.62 Å². The first-order chi connectivity index (χ1) is 17.5. The van der Waals surface area contributed by atoms with Gasteiger partial charge in [0.15, 0.2) is 17.2 Å². The van der Waals surface area contributed by atoms with Crippen LogP contribution in [0.1, 0.15) is 36.6 Å². The van der Waals surface area contributed by atoms with E-state index in [1.165, 1.54) is 11.6 Å². The minimum Gasteiger partial charge on any atom is -0.333 e. The Labute approximate surface area is 210 Å². The van der Waals surface area contributed by atoms with Gasteiger partial charge in [-0.15, -0.1) is 0 Å². The molecule has 0 atom stereocenters. The van der Waals surface area contributed by atoms with Crippen LogP contribution in [0.4, 0.5) is 13.2 Å². The van der Waals surface area contributed by atoms with Gasteiger partial charge in [0.25, 0.3) is 0 Å². The lowest BCUT2D eigenvalue weighted by Gasteiger charge is -2.11. The van der Waals surface area contributed by atoms with Crippen molar-refractivity contribution in [3.63, 3.8) is 0 Å². The van der Waals surface area contributed by atoms with Gasteiger partial charge in [-0.3, -0.25) is 15.0 Å². The van der Waals surface area contributed by atoms with Crippen LogP contribution in [0.3, 0.4) is 0 Å². The summed E-state index contributed by atoms with van der Waals surface area (Å²) in [5, 5.41) is 8.65. The predicted molar refractivity (Wildman–Crippen MR) is 132 cm³/mol. The maximum absolute atomic E-state index is 13.1. The average Bonchev–Trinajstić information content (AvgIpc) is 3.38. The Morgan fingerprint density at radius 2 is 1.73 bits per heavy atom. The van der Waals surface area contributed by atoms with E-state index in [1.807, 2.05) is 18.2 Å². The fourth-order valence-corrected chi connectivity index (χ4v) is 4.39. The van der Waals surface area contributed by atoms with Crippen LogP contribution in [0.15, 0.2) is 55.1 Å². The van der Waals surface area contributed by atoms with Crippen LogP contribution in [0, 0.1) is 5.41 Å². The molecule has 0 aliphatic carbocycles. The van der Waals surface area contributed by atoms with Crippen LogP contribution in [0.5, 0.6) is 0 Å². The molecule has 190 valence electrons. The van der Waals surface area contributed by atoms with E-state index < -0.39 is 11.9 Å². The molecule has 0 radical (unpaired) electrons. The van der Waals surface area contributed by atoms with Crippen molar-refractivity contribution in [3.8, 4) is 22.8 Å². The third-order valence-electron chi connectivity index (χ3n) is 6.38. The number of aromatic nitrogens is 7. The Hall–Kier alpha value is -4.28. The predicted octanol–water partition coefficient (Wildman–Crippen LogP) is 4.90. The van der Waals surface area contributed by atoms with E-state index in [1.54, 1.807) is 46.9 Å². The molecular weight excluding hydrogens is 481 g/mol. The highest BCUT2D eigenvalue weighted by Crippen LogP contribution is 2.31. The normalized spacial score (nSPS) is 12.1. The van der Waals surface area contributed by atoms with E-state index in [0.29, 0.717) is 29.1 Å². The van der Waals surface area contributed by atoms with E-state index in [-0.39, 0.29) is 17.4 Å². The fourth-order valence-electron chi connectivity index (χ4n) is 4.39. The lowest BCUT2D eigenvalue weighted by atomic mass is 9.99. The second kappa shape index (κ2) is 8.99. The molecule has 8 nitrogen and oxygen atoms in total. The van der Waals surface area contributed by atoms with E-state index in [4.69, 9.17) is 10.4 Å². The number of halogens is 3. The number of alkyl halides is 3. The first-order valence-corrected chi connectivity index (χ1v) is 11.7. The molecule has 1 aromatic carbocycles. The second-order valence-electron chi connectivity index (χ2n) is 9.24. The minimum atomic E-state index is -4.50. The van der Waals surface area contributed by atoms with Gasteiger partial charge >= 0.3 is 6.18 Å². The summed E-state index contributed by atoms with van der Waals surface area (Å²) in [5.74, 6) is 1.03. The van der Waals surface area contributed by atoms with Crippen molar-refractivity contribution in [3.05, 3.63) is 77.6 Å². The van der Waals surface area contributed by atoms with Gasteiger partial charge in [-0.1, -0.05) is 38.1 Å². The van der Waals surface area contributed by atoms with Crippen LogP contribution in [0.25, 0.3) is 33.9 Å². The molecule has 0 aliphatic heterocycles. The molecule has 0 spiro atoms. The molecule has 11 heteroatoms. The second-order valence-corrected chi connectivity index (χ2v) is 9.24. The molecule has 1 N–H and O–H groups in total. The van der Waals surface area contributed by atoms with E-state index in [0.717, 1.165) is 22.9 Å². The molecular formula is C26H25F3N8. The monoisotopic (exact) mass is 506 g/mol. The molecule has 0 bridgehead atoms. The van der Waals surface area contributed by atoms with Gasteiger partial charge in [0.1, 0.15) is 11.3 Å². The largest absolute Gasteiger partial charge is 0.434 e. The number of fused-ring (bicyclic) bond motifs is 1. The number of benzene rings is 1. The summed E-state index contributed by atoms with van der Waals surface area (Å²) < 4.78 is 44.0. The van der Waals surface area contributed by atoms with Gasteiger partial charge in [0, 0.05) is 43.8 Å². The Morgan fingerprint density at radius 3 is 2.38 bits per heavy atom. The summed E-state index contributed by atoms with van der Waals surface area (Å²) in [6, 6.07) is 9.07. The highest BCUT2D eigenvalue weighted by molar-refractivity contribution is 5.74. The van der Waals surface area contributed by atoms with E-state index in [2.05, 4.69) is 28.8 Å². The average molecular weight is 507 g/mol. The topological polar surface area (TPSA) is 90.2 Å². The van der Waals surface area contributed by atoms with Crippen molar-refractivity contribution >= 4 is 11.2 Å². The third-order valence-corrected chi connectivity index (χ3v) is 6.38. The summed E-state index contributed by atoms with van der Waals surface area (Å²) in [4.78, 5) is 17.4. The van der Waals surface area contributed by atoms with Crippen molar-refractivity contribution in [2.75, 3.05) is 0 Å². The molecule has 0 saturated heterocycles. The van der Waals surface area contributed by atoms with Gasteiger partial charge in [0.05, 0.1) is 12.7 Å². The van der Waals surface area contributed by atoms with Gasteiger partial charge in [-0.25, -0.2) is 15.0 Å². The molecule has 4 heterocycles. The van der Waals surface area contributed by atoms with Crippen LogP contribution >= 0.6 is 0 Å². The number of hydrogen-bond acceptors (Lipinski definition) is 5. The summed E-state index contributed by atoms with van der Waals surface area (Å²) in [5.41, 5.74) is 4.01. The van der Waals surface area contributed by atoms with Crippen molar-refractivity contribution in [2.45, 2.75) is 32.5 Å². The smallest absolute Gasteiger partial charge is 0.333 e. The highest BCUT2D eigenvalue weighted by atomic mass is 19.4. The molecule has 5 aromatic rings. The SMILES string of the molecule is CC(C)c1ccncc1-c1ncc2c(n1)n(Cc1ccc(-c3nc(C(F)(F)F)cn3C)cc1)c(=N)n2C. The Kier molecular flexibility index (Phi) is 5.93. The summed E-state index contributed by atoms with van der Waals surface area (Å²) in [6.07, 6.45) is 1.70. The quantitative estimate of drug-likeness (QED) is 0.367. The maximum atomic E-state index is 13.1. The molecule has 5 rings (SSSR count). The fraction of sp³-hybridized carbons (Fsp3) is 0.269. The number of pyridine rings is 1. The minimum absolute atomic E-state index is 0.229. The Balaban J connectivity index is 1.51. The molecule has 0 amide bonds. The number of hydrogen-bond donors (Lipinski definition) is 1. The number of imidazole rings is 2. The molecule has 0 unspecified atom stereocenters.